The lowest BCUT2D eigenvalue weighted by Gasteiger charge is -2.19. The highest BCUT2D eigenvalue weighted by Crippen LogP contribution is 2.35. The summed E-state index contributed by atoms with van der Waals surface area (Å²) in [5.74, 6) is -0.0371. The second kappa shape index (κ2) is 14.5. The van der Waals surface area contributed by atoms with Gasteiger partial charge in [0.1, 0.15) is 11.6 Å². The van der Waals surface area contributed by atoms with Crippen molar-refractivity contribution in [3.05, 3.63) is 12.2 Å². The Hall–Kier alpha value is -1.49. The Morgan fingerprint density at radius 2 is 1.82 bits per heavy atom. The topological polar surface area (TPSA) is 80.7 Å². The molecule has 0 bridgehead atoms. The zero-order chi connectivity index (χ0) is 20.8. The molecule has 0 spiro atoms. The molecule has 1 aliphatic carbocycles. The number of hydrogen-bond donors (Lipinski definition) is 1. The van der Waals surface area contributed by atoms with Crippen LogP contribution in [0, 0.1) is 11.8 Å². The fourth-order valence-corrected chi connectivity index (χ4v) is 3.91. The molecule has 2 unspecified atom stereocenters. The molecule has 1 N–H and O–H groups in total. The Kier molecular flexibility index (Phi) is 12.7. The minimum absolute atomic E-state index is 0.0904. The van der Waals surface area contributed by atoms with E-state index in [1.165, 1.54) is 7.11 Å². The van der Waals surface area contributed by atoms with Gasteiger partial charge in [-0.2, -0.15) is 0 Å². The molecule has 0 heterocycles. The third kappa shape index (κ3) is 9.63. The predicted molar refractivity (Wildman–Crippen MR) is 110 cm³/mol. The lowest BCUT2D eigenvalue weighted by molar-refractivity contribution is -0.140. The molecular formula is C23H38O5. The van der Waals surface area contributed by atoms with Crippen LogP contribution in [0.3, 0.4) is 0 Å². The molecule has 5 nitrogen and oxygen atoms in total. The van der Waals surface area contributed by atoms with Gasteiger partial charge >= 0.3 is 5.97 Å². The fraction of sp³-hybridized carbons (Fsp3) is 0.783. The normalized spacial score (nSPS) is 22.1. The monoisotopic (exact) mass is 394 g/mol. The first-order valence-electron chi connectivity index (χ1n) is 10.9. The molecule has 0 aromatic carbocycles. The number of Topliss-reactive ketones (excluding diaryl/α,β-unsaturated/α-hetero) is 2. The molecule has 0 saturated heterocycles. The van der Waals surface area contributed by atoms with Gasteiger partial charge in [0.15, 0.2) is 0 Å². The number of carbonyl (C=O) groups excluding carboxylic acids is 3. The third-order valence-electron chi connectivity index (χ3n) is 5.69. The average Bonchev–Trinajstić information content (AvgIpc) is 2.94. The summed E-state index contributed by atoms with van der Waals surface area (Å²) in [6.07, 6.45) is 13.4. The van der Waals surface area contributed by atoms with Crippen molar-refractivity contribution in [2.24, 2.45) is 11.8 Å². The van der Waals surface area contributed by atoms with E-state index in [0.717, 1.165) is 44.9 Å². The van der Waals surface area contributed by atoms with Crippen molar-refractivity contribution in [2.45, 2.75) is 96.5 Å². The minimum Gasteiger partial charge on any atom is -0.469 e. The number of esters is 1. The second-order valence-corrected chi connectivity index (χ2v) is 7.93. The summed E-state index contributed by atoms with van der Waals surface area (Å²) in [7, 11) is 1.40. The number of ether oxygens (including phenoxy) is 1. The van der Waals surface area contributed by atoms with Crippen LogP contribution in [0.2, 0.25) is 0 Å². The van der Waals surface area contributed by atoms with E-state index in [2.05, 4.69) is 17.7 Å². The maximum absolute atomic E-state index is 12.2. The van der Waals surface area contributed by atoms with Crippen LogP contribution in [0.15, 0.2) is 12.2 Å². The summed E-state index contributed by atoms with van der Waals surface area (Å²) < 4.78 is 4.61. The zero-order valence-electron chi connectivity index (χ0n) is 17.7. The molecule has 0 radical (unpaired) electrons. The third-order valence-corrected chi connectivity index (χ3v) is 5.69. The van der Waals surface area contributed by atoms with Gasteiger partial charge in [-0.05, 0) is 44.4 Å². The van der Waals surface area contributed by atoms with Crippen molar-refractivity contribution in [1.82, 2.24) is 0 Å². The van der Waals surface area contributed by atoms with Crippen molar-refractivity contribution in [3.63, 3.8) is 0 Å². The summed E-state index contributed by atoms with van der Waals surface area (Å²) in [4.78, 5) is 35.3. The van der Waals surface area contributed by atoms with Crippen LogP contribution in [-0.4, -0.2) is 35.9 Å². The number of ketones is 2. The van der Waals surface area contributed by atoms with Crippen molar-refractivity contribution in [3.8, 4) is 0 Å². The summed E-state index contributed by atoms with van der Waals surface area (Å²) >= 11 is 0. The molecule has 3 atom stereocenters. The Balaban J connectivity index is 2.29. The van der Waals surface area contributed by atoms with Gasteiger partial charge in [-0.15, -0.1) is 0 Å². The number of aliphatic hydroxyl groups excluding tert-OH is 1. The Labute approximate surface area is 169 Å². The summed E-state index contributed by atoms with van der Waals surface area (Å²) in [6, 6.07) is 0. The number of unbranched alkanes of at least 4 members (excludes halogenated alkanes) is 5. The predicted octanol–water partition coefficient (Wildman–Crippen LogP) is 4.55. The largest absolute Gasteiger partial charge is 0.469 e. The van der Waals surface area contributed by atoms with Crippen molar-refractivity contribution < 1.29 is 24.2 Å². The van der Waals surface area contributed by atoms with Crippen LogP contribution >= 0.6 is 0 Å². The van der Waals surface area contributed by atoms with Gasteiger partial charge in [-0.1, -0.05) is 38.3 Å². The highest BCUT2D eigenvalue weighted by molar-refractivity contribution is 5.84. The van der Waals surface area contributed by atoms with Gasteiger partial charge in [0, 0.05) is 31.6 Å². The first-order chi connectivity index (χ1) is 13.5. The van der Waals surface area contributed by atoms with E-state index in [4.69, 9.17) is 0 Å². The number of aliphatic hydroxyl groups is 1. The molecule has 1 aliphatic rings. The summed E-state index contributed by atoms with van der Waals surface area (Å²) in [5, 5.41) is 10.2. The van der Waals surface area contributed by atoms with Crippen LogP contribution in [-0.2, 0) is 19.1 Å². The molecule has 28 heavy (non-hydrogen) atoms. The average molecular weight is 395 g/mol. The van der Waals surface area contributed by atoms with E-state index >= 15 is 0 Å². The Morgan fingerprint density at radius 3 is 2.54 bits per heavy atom. The lowest BCUT2D eigenvalue weighted by Crippen LogP contribution is -2.21. The highest BCUT2D eigenvalue weighted by atomic mass is 16.5. The Bertz CT molecular complexity index is 511. The molecule has 0 amide bonds. The molecule has 0 aromatic heterocycles. The van der Waals surface area contributed by atoms with Crippen molar-refractivity contribution in [2.75, 3.05) is 7.11 Å². The minimum atomic E-state index is -0.604. The first kappa shape index (κ1) is 24.5. The highest BCUT2D eigenvalue weighted by Gasteiger charge is 2.40. The van der Waals surface area contributed by atoms with Crippen LogP contribution in [0.25, 0.3) is 0 Å². The molecule has 1 saturated carbocycles. The fourth-order valence-electron chi connectivity index (χ4n) is 3.91. The molecular weight excluding hydrogens is 356 g/mol. The number of allylic oxidation sites excluding steroid dienone is 2. The second-order valence-electron chi connectivity index (χ2n) is 7.93. The molecule has 5 heteroatoms. The number of methoxy groups -OCH3 is 1. The van der Waals surface area contributed by atoms with Crippen LogP contribution in [0.4, 0.5) is 0 Å². The SMILES string of the molecule is CCCCCC(=O)CC[C@H]1C(O)CC(=O)C1CC=CCCCCCC(=O)OC. The van der Waals surface area contributed by atoms with Crippen LogP contribution < -0.4 is 0 Å². The number of carbonyl (C=O) groups is 3. The smallest absolute Gasteiger partial charge is 0.305 e. The van der Waals surface area contributed by atoms with Gasteiger partial charge in [0.2, 0.25) is 0 Å². The first-order valence-corrected chi connectivity index (χ1v) is 10.9. The molecule has 0 aliphatic heterocycles. The van der Waals surface area contributed by atoms with Crippen LogP contribution in [0.1, 0.15) is 90.4 Å². The van der Waals surface area contributed by atoms with Gasteiger partial charge < -0.3 is 9.84 Å². The van der Waals surface area contributed by atoms with E-state index in [9.17, 15) is 19.5 Å². The zero-order valence-corrected chi connectivity index (χ0v) is 17.7. The van der Waals surface area contributed by atoms with E-state index < -0.39 is 6.10 Å². The number of rotatable bonds is 15. The summed E-state index contributed by atoms with van der Waals surface area (Å²) in [6.45, 7) is 2.12. The maximum atomic E-state index is 12.2. The standard InChI is InChI=1S/C23H38O5/c1-3-4-9-12-18(24)15-16-20-19(21(25)17-22(20)26)13-10-7-5-6-8-11-14-23(27)28-2/h7,10,19-20,22,26H,3-6,8-9,11-17H2,1-2H3/t19?,20-,22?/m1/s1. The number of hydrogen-bond acceptors (Lipinski definition) is 5. The van der Waals surface area contributed by atoms with Crippen molar-refractivity contribution >= 4 is 17.5 Å². The quantitative estimate of drug-likeness (QED) is 0.250. The van der Waals surface area contributed by atoms with E-state index in [-0.39, 0.29) is 35.8 Å². The Morgan fingerprint density at radius 1 is 1.07 bits per heavy atom. The van der Waals surface area contributed by atoms with Crippen molar-refractivity contribution in [1.29, 1.82) is 0 Å². The van der Waals surface area contributed by atoms with Gasteiger partial charge in [0.25, 0.3) is 0 Å². The molecule has 0 aromatic rings. The van der Waals surface area contributed by atoms with Gasteiger partial charge in [0.05, 0.1) is 13.2 Å². The van der Waals surface area contributed by atoms with Gasteiger partial charge in [-0.3, -0.25) is 14.4 Å². The van der Waals surface area contributed by atoms with Crippen LogP contribution in [0.5, 0.6) is 0 Å². The van der Waals surface area contributed by atoms with E-state index in [1.54, 1.807) is 0 Å². The lowest BCUT2D eigenvalue weighted by atomic mass is 9.86. The molecule has 1 rings (SSSR count). The van der Waals surface area contributed by atoms with E-state index in [0.29, 0.717) is 32.1 Å². The van der Waals surface area contributed by atoms with E-state index in [1.807, 2.05) is 6.08 Å². The maximum Gasteiger partial charge on any atom is 0.305 e. The summed E-state index contributed by atoms with van der Waals surface area (Å²) in [5.41, 5.74) is 0. The van der Waals surface area contributed by atoms with Gasteiger partial charge in [-0.25, -0.2) is 0 Å². The molecule has 160 valence electrons. The molecule has 1 fully saturated rings.